The molecule has 2 aromatic rings. The average Bonchev–Trinajstić information content (AvgIpc) is 2.71. The summed E-state index contributed by atoms with van der Waals surface area (Å²) in [4.78, 5) is 36.9. The van der Waals surface area contributed by atoms with E-state index in [0.29, 0.717) is 11.1 Å². The SMILES string of the molecule is CCOC(=O)C(=Cc1ccc(-c2ccccc2C(=O)OC(C)(C)C)cc1)C(=O)OCC. The van der Waals surface area contributed by atoms with Crippen LogP contribution in [0.4, 0.5) is 0 Å². The summed E-state index contributed by atoms with van der Waals surface area (Å²) in [5.74, 6) is -1.88. The molecule has 0 bridgehead atoms. The van der Waals surface area contributed by atoms with Gasteiger partial charge in [-0.3, -0.25) is 0 Å². The summed E-state index contributed by atoms with van der Waals surface area (Å²) in [7, 11) is 0. The fourth-order valence-electron chi connectivity index (χ4n) is 2.79. The van der Waals surface area contributed by atoms with Crippen LogP contribution in [0.2, 0.25) is 0 Å². The molecule has 0 aliphatic carbocycles. The van der Waals surface area contributed by atoms with Crippen LogP contribution in [0.15, 0.2) is 54.1 Å². The molecule has 0 fully saturated rings. The summed E-state index contributed by atoms with van der Waals surface area (Å²) in [6.07, 6.45) is 1.43. The van der Waals surface area contributed by atoms with E-state index in [1.54, 1.807) is 38.1 Å². The molecule has 0 aliphatic rings. The minimum Gasteiger partial charge on any atom is -0.462 e. The van der Waals surface area contributed by atoms with Crippen LogP contribution in [0, 0.1) is 0 Å². The molecule has 0 unspecified atom stereocenters. The number of hydrogen-bond donors (Lipinski definition) is 0. The van der Waals surface area contributed by atoms with Crippen LogP contribution in [0.1, 0.15) is 50.5 Å². The molecule has 2 rings (SSSR count). The molecule has 0 saturated carbocycles. The number of esters is 3. The Morgan fingerprint density at radius 1 is 0.839 bits per heavy atom. The molecule has 0 N–H and O–H groups in total. The van der Waals surface area contributed by atoms with Crippen molar-refractivity contribution in [3.05, 3.63) is 65.2 Å². The summed E-state index contributed by atoms with van der Waals surface area (Å²) < 4.78 is 15.4. The number of hydrogen-bond acceptors (Lipinski definition) is 6. The van der Waals surface area contributed by atoms with E-state index in [2.05, 4.69) is 0 Å². The van der Waals surface area contributed by atoms with Gasteiger partial charge in [0.2, 0.25) is 0 Å². The van der Waals surface area contributed by atoms with Crippen molar-refractivity contribution >= 4 is 24.0 Å². The number of benzene rings is 2. The highest BCUT2D eigenvalue weighted by atomic mass is 16.6. The third-order valence-electron chi connectivity index (χ3n) is 4.07. The smallest absolute Gasteiger partial charge is 0.345 e. The standard InChI is InChI=1S/C25H28O6/c1-6-29-22(26)21(23(27)30-7-2)16-17-12-14-18(15-13-17)19-10-8-9-11-20(19)24(28)31-25(3,4)5/h8-16H,6-7H2,1-5H3. The van der Waals surface area contributed by atoms with Gasteiger partial charge in [-0.1, -0.05) is 42.5 Å². The van der Waals surface area contributed by atoms with Crippen LogP contribution in [0.3, 0.4) is 0 Å². The van der Waals surface area contributed by atoms with Gasteiger partial charge in [0.05, 0.1) is 18.8 Å². The maximum Gasteiger partial charge on any atom is 0.345 e. The van der Waals surface area contributed by atoms with Gasteiger partial charge in [0, 0.05) is 0 Å². The Bertz CT molecular complexity index is 944. The highest BCUT2D eigenvalue weighted by Crippen LogP contribution is 2.26. The summed E-state index contributed by atoms with van der Waals surface area (Å²) >= 11 is 0. The van der Waals surface area contributed by atoms with E-state index in [0.717, 1.165) is 11.1 Å². The number of rotatable bonds is 7. The van der Waals surface area contributed by atoms with Gasteiger partial charge in [-0.2, -0.15) is 0 Å². The second kappa shape index (κ2) is 10.6. The maximum absolute atomic E-state index is 12.6. The summed E-state index contributed by atoms with van der Waals surface area (Å²) in [6.45, 7) is 9.08. The molecule has 0 heterocycles. The zero-order valence-electron chi connectivity index (χ0n) is 18.6. The third-order valence-corrected chi connectivity index (χ3v) is 4.07. The number of ether oxygens (including phenoxy) is 3. The molecule has 0 aromatic heterocycles. The zero-order chi connectivity index (χ0) is 23.0. The van der Waals surface area contributed by atoms with Gasteiger partial charge in [-0.05, 0) is 63.5 Å². The fraction of sp³-hybridized carbons (Fsp3) is 0.320. The fourth-order valence-corrected chi connectivity index (χ4v) is 2.79. The Kier molecular flexibility index (Phi) is 8.14. The van der Waals surface area contributed by atoms with E-state index in [9.17, 15) is 14.4 Å². The lowest BCUT2D eigenvalue weighted by atomic mass is 9.98. The van der Waals surface area contributed by atoms with Crippen LogP contribution >= 0.6 is 0 Å². The van der Waals surface area contributed by atoms with Gasteiger partial charge in [0.25, 0.3) is 0 Å². The Morgan fingerprint density at radius 2 is 1.39 bits per heavy atom. The molecule has 0 saturated heterocycles. The first-order valence-corrected chi connectivity index (χ1v) is 10.1. The highest BCUT2D eigenvalue weighted by Gasteiger charge is 2.22. The largest absolute Gasteiger partial charge is 0.462 e. The Balaban J connectivity index is 2.37. The van der Waals surface area contributed by atoms with E-state index in [-0.39, 0.29) is 18.8 Å². The first kappa shape index (κ1) is 23.9. The molecule has 0 aliphatic heterocycles. The second-order valence-corrected chi connectivity index (χ2v) is 7.67. The summed E-state index contributed by atoms with van der Waals surface area (Å²) in [5, 5.41) is 0. The lowest BCUT2D eigenvalue weighted by Crippen LogP contribution is -2.24. The van der Waals surface area contributed by atoms with Crippen molar-refractivity contribution in [3.8, 4) is 11.1 Å². The minimum atomic E-state index is -0.736. The maximum atomic E-state index is 12.6. The van der Waals surface area contributed by atoms with Gasteiger partial charge in [-0.25, -0.2) is 14.4 Å². The lowest BCUT2D eigenvalue weighted by Gasteiger charge is -2.20. The molecule has 0 atom stereocenters. The van der Waals surface area contributed by atoms with Gasteiger partial charge in [-0.15, -0.1) is 0 Å². The molecule has 6 heteroatoms. The molecule has 0 radical (unpaired) electrons. The molecule has 2 aromatic carbocycles. The van der Waals surface area contributed by atoms with Crippen LogP contribution in [-0.4, -0.2) is 36.7 Å². The second-order valence-electron chi connectivity index (χ2n) is 7.67. The minimum absolute atomic E-state index is 0.149. The van der Waals surface area contributed by atoms with Gasteiger partial charge >= 0.3 is 17.9 Å². The van der Waals surface area contributed by atoms with Crippen molar-refractivity contribution in [2.24, 2.45) is 0 Å². The van der Waals surface area contributed by atoms with Gasteiger partial charge in [0.15, 0.2) is 0 Å². The van der Waals surface area contributed by atoms with E-state index in [4.69, 9.17) is 14.2 Å². The summed E-state index contributed by atoms with van der Waals surface area (Å²) in [5.41, 5.74) is 1.82. The number of carbonyl (C=O) groups is 3. The first-order valence-electron chi connectivity index (χ1n) is 10.1. The predicted molar refractivity (Wildman–Crippen MR) is 118 cm³/mol. The monoisotopic (exact) mass is 424 g/mol. The van der Waals surface area contributed by atoms with E-state index in [1.807, 2.05) is 45.0 Å². The predicted octanol–water partition coefficient (Wildman–Crippen LogP) is 4.82. The van der Waals surface area contributed by atoms with E-state index >= 15 is 0 Å². The van der Waals surface area contributed by atoms with Crippen molar-refractivity contribution in [1.82, 2.24) is 0 Å². The van der Waals surface area contributed by atoms with Crippen molar-refractivity contribution < 1.29 is 28.6 Å². The normalized spacial score (nSPS) is 10.7. The van der Waals surface area contributed by atoms with Crippen molar-refractivity contribution in [3.63, 3.8) is 0 Å². The first-order chi connectivity index (χ1) is 14.7. The van der Waals surface area contributed by atoms with Crippen molar-refractivity contribution in [2.45, 2.75) is 40.2 Å². The molecule has 31 heavy (non-hydrogen) atoms. The average molecular weight is 424 g/mol. The van der Waals surface area contributed by atoms with Crippen LogP contribution < -0.4 is 0 Å². The molecule has 0 amide bonds. The van der Waals surface area contributed by atoms with E-state index < -0.39 is 23.5 Å². The van der Waals surface area contributed by atoms with E-state index in [1.165, 1.54) is 6.08 Å². The quantitative estimate of drug-likeness (QED) is 0.208. The topological polar surface area (TPSA) is 78.9 Å². The van der Waals surface area contributed by atoms with Crippen LogP contribution in [0.25, 0.3) is 17.2 Å². The summed E-state index contributed by atoms with van der Waals surface area (Å²) in [6, 6.07) is 14.3. The highest BCUT2D eigenvalue weighted by molar-refractivity contribution is 6.17. The molecular weight excluding hydrogens is 396 g/mol. The molecule has 0 spiro atoms. The molecule has 164 valence electrons. The van der Waals surface area contributed by atoms with Crippen molar-refractivity contribution in [1.29, 1.82) is 0 Å². The Hall–Kier alpha value is -3.41. The molecule has 6 nitrogen and oxygen atoms in total. The zero-order valence-corrected chi connectivity index (χ0v) is 18.6. The lowest BCUT2D eigenvalue weighted by molar-refractivity contribution is -0.146. The number of carbonyl (C=O) groups excluding carboxylic acids is 3. The van der Waals surface area contributed by atoms with Crippen LogP contribution in [0.5, 0.6) is 0 Å². The Labute approximate surface area is 182 Å². The third kappa shape index (κ3) is 6.81. The molecular formula is C25H28O6. The van der Waals surface area contributed by atoms with Crippen molar-refractivity contribution in [2.75, 3.05) is 13.2 Å². The Morgan fingerprint density at radius 3 is 1.90 bits per heavy atom. The van der Waals surface area contributed by atoms with Gasteiger partial charge < -0.3 is 14.2 Å². The van der Waals surface area contributed by atoms with Crippen LogP contribution in [-0.2, 0) is 23.8 Å². The van der Waals surface area contributed by atoms with Gasteiger partial charge in [0.1, 0.15) is 11.2 Å².